The number of hydrogen-bond donors (Lipinski definition) is 2. The van der Waals surface area contributed by atoms with Crippen LogP contribution in [0.4, 0.5) is 5.95 Å². The van der Waals surface area contributed by atoms with Crippen molar-refractivity contribution >= 4 is 17.3 Å². The first-order valence-corrected chi connectivity index (χ1v) is 4.42. The van der Waals surface area contributed by atoms with Crippen LogP contribution in [0.2, 0.25) is 0 Å². The molecule has 0 atom stereocenters. The molecular formula is C7H8N4S. The van der Waals surface area contributed by atoms with Crippen LogP contribution in [0.3, 0.4) is 0 Å². The molecule has 0 unspecified atom stereocenters. The smallest absolute Gasteiger partial charge is 0.239 e. The van der Waals surface area contributed by atoms with Crippen molar-refractivity contribution in [2.24, 2.45) is 0 Å². The van der Waals surface area contributed by atoms with E-state index in [-0.39, 0.29) is 0 Å². The van der Waals surface area contributed by atoms with E-state index in [1.807, 2.05) is 11.4 Å². The van der Waals surface area contributed by atoms with Crippen molar-refractivity contribution in [3.05, 3.63) is 28.2 Å². The molecule has 0 aromatic carbocycles. The van der Waals surface area contributed by atoms with Crippen molar-refractivity contribution in [2.75, 3.05) is 5.73 Å². The predicted molar refractivity (Wildman–Crippen MR) is 47.9 cm³/mol. The number of nitrogen functional groups attached to an aromatic ring is 1. The largest absolute Gasteiger partial charge is 0.367 e. The Morgan fingerprint density at radius 3 is 3.08 bits per heavy atom. The molecular weight excluding hydrogens is 172 g/mol. The van der Waals surface area contributed by atoms with Crippen LogP contribution in [-0.2, 0) is 6.42 Å². The maximum absolute atomic E-state index is 5.36. The van der Waals surface area contributed by atoms with Crippen LogP contribution in [0, 0.1) is 0 Å². The van der Waals surface area contributed by atoms with E-state index >= 15 is 0 Å². The fourth-order valence-electron chi connectivity index (χ4n) is 0.967. The number of nitrogens with two attached hydrogens (primary N) is 1. The molecule has 2 aromatic rings. The van der Waals surface area contributed by atoms with Crippen LogP contribution in [0.15, 0.2) is 17.5 Å². The first-order chi connectivity index (χ1) is 5.84. The second-order valence-electron chi connectivity index (χ2n) is 2.40. The van der Waals surface area contributed by atoms with Gasteiger partial charge in [0.25, 0.3) is 0 Å². The standard InChI is InChI=1S/C7H8N4S/c8-7-9-6(10-11-7)4-5-2-1-3-12-5/h1-3H,4H2,(H3,8,9,10,11). The van der Waals surface area contributed by atoms with Crippen LogP contribution in [0.1, 0.15) is 10.7 Å². The molecule has 0 aliphatic carbocycles. The second-order valence-corrected chi connectivity index (χ2v) is 3.43. The molecule has 0 saturated heterocycles. The molecule has 2 aromatic heterocycles. The molecule has 5 heteroatoms. The lowest BCUT2D eigenvalue weighted by atomic mass is 10.3. The van der Waals surface area contributed by atoms with E-state index < -0.39 is 0 Å². The van der Waals surface area contributed by atoms with E-state index in [9.17, 15) is 0 Å². The van der Waals surface area contributed by atoms with Crippen LogP contribution < -0.4 is 5.73 Å². The summed E-state index contributed by atoms with van der Waals surface area (Å²) in [5, 5.41) is 8.54. The Kier molecular flexibility index (Phi) is 1.79. The summed E-state index contributed by atoms with van der Waals surface area (Å²) in [7, 11) is 0. The number of nitrogens with one attached hydrogen (secondary N) is 1. The van der Waals surface area contributed by atoms with Crippen molar-refractivity contribution in [1.82, 2.24) is 15.2 Å². The molecule has 2 rings (SSSR count). The lowest BCUT2D eigenvalue weighted by Crippen LogP contribution is -1.88. The Hall–Kier alpha value is -1.36. The molecule has 62 valence electrons. The van der Waals surface area contributed by atoms with E-state index in [1.54, 1.807) is 11.3 Å². The van der Waals surface area contributed by atoms with Crippen molar-refractivity contribution in [1.29, 1.82) is 0 Å². The third-order valence-corrected chi connectivity index (χ3v) is 2.35. The normalized spacial score (nSPS) is 10.3. The van der Waals surface area contributed by atoms with Crippen LogP contribution in [0.25, 0.3) is 0 Å². The highest BCUT2D eigenvalue weighted by atomic mass is 32.1. The van der Waals surface area contributed by atoms with Gasteiger partial charge in [-0.15, -0.1) is 16.4 Å². The maximum Gasteiger partial charge on any atom is 0.239 e. The molecule has 0 amide bonds. The Bertz CT molecular complexity index is 351. The van der Waals surface area contributed by atoms with Crippen molar-refractivity contribution in [2.45, 2.75) is 6.42 Å². The van der Waals surface area contributed by atoms with Gasteiger partial charge in [0.2, 0.25) is 5.95 Å². The van der Waals surface area contributed by atoms with Crippen LogP contribution >= 0.6 is 11.3 Å². The zero-order chi connectivity index (χ0) is 8.39. The van der Waals surface area contributed by atoms with Crippen LogP contribution in [0.5, 0.6) is 0 Å². The summed E-state index contributed by atoms with van der Waals surface area (Å²) in [5.41, 5.74) is 5.36. The molecule has 0 spiro atoms. The minimum absolute atomic E-state index is 0.307. The fraction of sp³-hybridized carbons (Fsp3) is 0.143. The Balaban J connectivity index is 2.14. The van der Waals surface area contributed by atoms with Gasteiger partial charge in [-0.05, 0) is 11.4 Å². The average molecular weight is 180 g/mol. The predicted octanol–water partition coefficient (Wildman–Crippen LogP) is 1.04. The summed E-state index contributed by atoms with van der Waals surface area (Å²) in [6.07, 6.45) is 0.780. The number of H-pyrrole nitrogens is 1. The SMILES string of the molecule is Nc1n[nH]c(Cc2cccs2)n1. The number of hydrogen-bond acceptors (Lipinski definition) is 4. The summed E-state index contributed by atoms with van der Waals surface area (Å²) in [6, 6.07) is 4.07. The number of rotatable bonds is 2. The number of anilines is 1. The van der Waals surface area contributed by atoms with Gasteiger partial charge in [0.15, 0.2) is 0 Å². The van der Waals surface area contributed by atoms with Gasteiger partial charge >= 0.3 is 0 Å². The van der Waals surface area contributed by atoms with Gasteiger partial charge in [0.1, 0.15) is 5.82 Å². The van der Waals surface area contributed by atoms with E-state index in [0.717, 1.165) is 12.2 Å². The topological polar surface area (TPSA) is 67.6 Å². The van der Waals surface area contributed by atoms with Gasteiger partial charge in [0, 0.05) is 11.3 Å². The molecule has 0 radical (unpaired) electrons. The number of aromatic amines is 1. The zero-order valence-corrected chi connectivity index (χ0v) is 7.14. The Morgan fingerprint density at radius 1 is 1.58 bits per heavy atom. The van der Waals surface area contributed by atoms with Crippen molar-refractivity contribution in [3.63, 3.8) is 0 Å². The fourth-order valence-corrected chi connectivity index (χ4v) is 1.68. The minimum Gasteiger partial charge on any atom is -0.367 e. The summed E-state index contributed by atoms with van der Waals surface area (Å²) in [5.74, 6) is 1.12. The highest BCUT2D eigenvalue weighted by Gasteiger charge is 2.00. The molecule has 4 nitrogen and oxygen atoms in total. The van der Waals surface area contributed by atoms with Gasteiger partial charge in [0.05, 0.1) is 0 Å². The van der Waals surface area contributed by atoms with Gasteiger partial charge < -0.3 is 5.73 Å². The highest BCUT2D eigenvalue weighted by Crippen LogP contribution is 2.12. The van der Waals surface area contributed by atoms with Gasteiger partial charge in [-0.1, -0.05) is 6.07 Å². The van der Waals surface area contributed by atoms with E-state index in [4.69, 9.17) is 5.73 Å². The average Bonchev–Trinajstić information content (AvgIpc) is 2.63. The first-order valence-electron chi connectivity index (χ1n) is 3.54. The van der Waals surface area contributed by atoms with Gasteiger partial charge in [-0.3, -0.25) is 5.10 Å². The van der Waals surface area contributed by atoms with Crippen LogP contribution in [-0.4, -0.2) is 15.2 Å². The van der Waals surface area contributed by atoms with E-state index in [1.165, 1.54) is 4.88 Å². The summed E-state index contributed by atoms with van der Waals surface area (Å²) in [6.45, 7) is 0. The van der Waals surface area contributed by atoms with E-state index in [0.29, 0.717) is 5.95 Å². The Morgan fingerprint density at radius 2 is 2.50 bits per heavy atom. The highest BCUT2D eigenvalue weighted by molar-refractivity contribution is 7.09. The monoisotopic (exact) mass is 180 g/mol. The quantitative estimate of drug-likeness (QED) is 0.725. The molecule has 0 fully saturated rings. The number of thiophene rings is 1. The molecule has 3 N–H and O–H groups in total. The third kappa shape index (κ3) is 1.45. The summed E-state index contributed by atoms with van der Waals surface area (Å²) in [4.78, 5) is 5.26. The van der Waals surface area contributed by atoms with Gasteiger partial charge in [-0.2, -0.15) is 4.98 Å². The minimum atomic E-state index is 0.307. The van der Waals surface area contributed by atoms with Crippen molar-refractivity contribution < 1.29 is 0 Å². The maximum atomic E-state index is 5.36. The molecule has 12 heavy (non-hydrogen) atoms. The molecule has 0 bridgehead atoms. The molecule has 0 saturated carbocycles. The zero-order valence-electron chi connectivity index (χ0n) is 6.32. The lowest BCUT2D eigenvalue weighted by molar-refractivity contribution is 0.984. The summed E-state index contributed by atoms with van der Waals surface area (Å²) < 4.78 is 0. The molecule has 0 aliphatic rings. The third-order valence-electron chi connectivity index (χ3n) is 1.47. The Labute approximate surface area is 73.5 Å². The van der Waals surface area contributed by atoms with E-state index in [2.05, 4.69) is 21.2 Å². The lowest BCUT2D eigenvalue weighted by Gasteiger charge is -1.88. The first kappa shape index (κ1) is 7.30. The number of nitrogens with zero attached hydrogens (tertiary/aromatic N) is 2. The van der Waals surface area contributed by atoms with Crippen molar-refractivity contribution in [3.8, 4) is 0 Å². The second kappa shape index (κ2) is 2.94. The number of aromatic nitrogens is 3. The van der Waals surface area contributed by atoms with Gasteiger partial charge in [-0.25, -0.2) is 0 Å². The molecule has 0 aliphatic heterocycles. The summed E-state index contributed by atoms with van der Waals surface area (Å²) >= 11 is 1.70. The molecule has 2 heterocycles.